The lowest BCUT2D eigenvalue weighted by molar-refractivity contribution is -0.118. The number of halogens is 1. The SMILES string of the molecule is CC(C)(C)c1ccc(SCC(=O)NCCCCN)cc1.Cl. The third-order valence-electron chi connectivity index (χ3n) is 3.04. The lowest BCUT2D eigenvalue weighted by Gasteiger charge is -2.19. The van der Waals surface area contributed by atoms with Gasteiger partial charge in [-0.3, -0.25) is 4.79 Å². The van der Waals surface area contributed by atoms with Crippen LogP contribution in [-0.2, 0) is 10.2 Å². The third-order valence-corrected chi connectivity index (χ3v) is 4.06. The van der Waals surface area contributed by atoms with Crippen LogP contribution in [0.4, 0.5) is 0 Å². The Labute approximate surface area is 138 Å². The Bertz CT molecular complexity index is 415. The van der Waals surface area contributed by atoms with Crippen molar-refractivity contribution in [2.24, 2.45) is 5.73 Å². The summed E-state index contributed by atoms with van der Waals surface area (Å²) in [5.41, 5.74) is 6.89. The Morgan fingerprint density at radius 2 is 1.81 bits per heavy atom. The van der Waals surface area contributed by atoms with Gasteiger partial charge in [0.1, 0.15) is 0 Å². The second-order valence-electron chi connectivity index (χ2n) is 5.91. The van der Waals surface area contributed by atoms with E-state index in [1.807, 2.05) is 0 Å². The summed E-state index contributed by atoms with van der Waals surface area (Å²) >= 11 is 1.57. The molecule has 1 aromatic rings. The van der Waals surface area contributed by atoms with Crippen molar-refractivity contribution in [3.05, 3.63) is 29.8 Å². The van der Waals surface area contributed by atoms with Crippen molar-refractivity contribution in [1.82, 2.24) is 5.32 Å². The van der Waals surface area contributed by atoms with Crippen LogP contribution >= 0.6 is 24.2 Å². The van der Waals surface area contributed by atoms with E-state index < -0.39 is 0 Å². The van der Waals surface area contributed by atoms with Crippen LogP contribution in [0.5, 0.6) is 0 Å². The third kappa shape index (κ3) is 8.34. The van der Waals surface area contributed by atoms with E-state index in [2.05, 4.69) is 50.4 Å². The zero-order valence-electron chi connectivity index (χ0n) is 13.1. The number of carbonyl (C=O) groups is 1. The number of thioether (sulfide) groups is 1. The van der Waals surface area contributed by atoms with Crippen molar-refractivity contribution in [2.45, 2.75) is 43.9 Å². The van der Waals surface area contributed by atoms with Crippen molar-refractivity contribution in [3.63, 3.8) is 0 Å². The Hall–Kier alpha value is -0.710. The van der Waals surface area contributed by atoms with Gasteiger partial charge in [-0.15, -0.1) is 24.2 Å². The van der Waals surface area contributed by atoms with Gasteiger partial charge in [-0.05, 0) is 42.5 Å². The summed E-state index contributed by atoms with van der Waals surface area (Å²) in [5, 5.41) is 2.91. The molecule has 1 aromatic carbocycles. The van der Waals surface area contributed by atoms with Crippen LogP contribution in [0.3, 0.4) is 0 Å². The monoisotopic (exact) mass is 330 g/mol. The average molecular weight is 331 g/mol. The molecule has 0 radical (unpaired) electrons. The first-order valence-electron chi connectivity index (χ1n) is 7.13. The fraction of sp³-hybridized carbons (Fsp3) is 0.562. The molecule has 0 aromatic heterocycles. The summed E-state index contributed by atoms with van der Waals surface area (Å²) in [4.78, 5) is 12.8. The van der Waals surface area contributed by atoms with E-state index in [0.717, 1.165) is 24.3 Å². The Balaban J connectivity index is 0.00000400. The van der Waals surface area contributed by atoms with Gasteiger partial charge in [-0.2, -0.15) is 0 Å². The lowest BCUT2D eigenvalue weighted by Crippen LogP contribution is -2.26. The van der Waals surface area contributed by atoms with Crippen LogP contribution < -0.4 is 11.1 Å². The second-order valence-corrected chi connectivity index (χ2v) is 6.96. The number of rotatable bonds is 7. The predicted octanol–water partition coefficient (Wildman–Crippen LogP) is 3.35. The standard InChI is InChI=1S/C16H26N2OS.ClH/c1-16(2,3)13-6-8-14(9-7-13)20-12-15(19)18-11-5-4-10-17;/h6-9H,4-5,10-12,17H2,1-3H3,(H,18,19);1H. The summed E-state index contributed by atoms with van der Waals surface area (Å²) in [5.74, 6) is 0.559. The van der Waals surface area contributed by atoms with Crippen LogP contribution in [-0.4, -0.2) is 24.7 Å². The Morgan fingerprint density at radius 1 is 1.19 bits per heavy atom. The maximum atomic E-state index is 11.6. The molecule has 3 nitrogen and oxygen atoms in total. The fourth-order valence-corrected chi connectivity index (χ4v) is 2.48. The number of carbonyl (C=O) groups excluding carboxylic acids is 1. The molecule has 0 aliphatic rings. The maximum absolute atomic E-state index is 11.6. The molecular weight excluding hydrogens is 304 g/mol. The van der Waals surface area contributed by atoms with Gasteiger partial charge in [0, 0.05) is 11.4 Å². The molecule has 5 heteroatoms. The van der Waals surface area contributed by atoms with Gasteiger partial charge in [0.25, 0.3) is 0 Å². The number of amides is 1. The topological polar surface area (TPSA) is 55.1 Å². The van der Waals surface area contributed by atoms with Crippen molar-refractivity contribution in [1.29, 1.82) is 0 Å². The first-order valence-corrected chi connectivity index (χ1v) is 8.12. The van der Waals surface area contributed by atoms with Crippen molar-refractivity contribution in [3.8, 4) is 0 Å². The molecule has 21 heavy (non-hydrogen) atoms. The highest BCUT2D eigenvalue weighted by molar-refractivity contribution is 8.00. The maximum Gasteiger partial charge on any atom is 0.230 e. The molecule has 0 aliphatic carbocycles. The van der Waals surface area contributed by atoms with E-state index in [1.165, 1.54) is 5.56 Å². The molecule has 120 valence electrons. The Kier molecular flexibility index (Phi) is 9.75. The molecule has 0 bridgehead atoms. The summed E-state index contributed by atoms with van der Waals surface area (Å²) in [6, 6.07) is 8.46. The Morgan fingerprint density at radius 3 is 2.33 bits per heavy atom. The van der Waals surface area contributed by atoms with Gasteiger partial charge in [0.2, 0.25) is 5.91 Å². The molecule has 0 spiro atoms. The molecular formula is C16H27ClN2OS. The van der Waals surface area contributed by atoms with Crippen LogP contribution in [0.2, 0.25) is 0 Å². The number of nitrogens with two attached hydrogens (primary N) is 1. The minimum Gasteiger partial charge on any atom is -0.355 e. The van der Waals surface area contributed by atoms with Gasteiger partial charge in [0.05, 0.1) is 5.75 Å². The summed E-state index contributed by atoms with van der Waals surface area (Å²) in [7, 11) is 0. The molecule has 1 rings (SSSR count). The normalized spacial score (nSPS) is 10.9. The van der Waals surface area contributed by atoms with E-state index in [9.17, 15) is 4.79 Å². The average Bonchev–Trinajstić information content (AvgIpc) is 2.41. The summed E-state index contributed by atoms with van der Waals surface area (Å²) in [6.45, 7) is 8.00. The number of unbranched alkanes of at least 4 members (excludes halogenated alkanes) is 1. The van der Waals surface area contributed by atoms with Crippen LogP contribution in [0.25, 0.3) is 0 Å². The minimum atomic E-state index is 0. The zero-order chi connectivity index (χ0) is 15.0. The van der Waals surface area contributed by atoms with Gasteiger partial charge >= 0.3 is 0 Å². The second kappa shape index (κ2) is 10.1. The van der Waals surface area contributed by atoms with E-state index in [4.69, 9.17) is 5.73 Å². The first-order chi connectivity index (χ1) is 9.43. The zero-order valence-corrected chi connectivity index (χ0v) is 14.8. The van der Waals surface area contributed by atoms with E-state index >= 15 is 0 Å². The van der Waals surface area contributed by atoms with Crippen molar-refractivity contribution in [2.75, 3.05) is 18.8 Å². The van der Waals surface area contributed by atoms with E-state index in [1.54, 1.807) is 11.8 Å². The van der Waals surface area contributed by atoms with E-state index in [0.29, 0.717) is 12.3 Å². The largest absolute Gasteiger partial charge is 0.355 e. The van der Waals surface area contributed by atoms with Gasteiger partial charge in [-0.1, -0.05) is 32.9 Å². The predicted molar refractivity (Wildman–Crippen MR) is 94.4 cm³/mol. The summed E-state index contributed by atoms with van der Waals surface area (Å²) in [6.07, 6.45) is 1.91. The number of hydrogen-bond donors (Lipinski definition) is 2. The number of nitrogens with one attached hydrogen (secondary N) is 1. The quantitative estimate of drug-likeness (QED) is 0.595. The minimum absolute atomic E-state index is 0. The van der Waals surface area contributed by atoms with Gasteiger partial charge in [-0.25, -0.2) is 0 Å². The molecule has 3 N–H and O–H groups in total. The van der Waals surface area contributed by atoms with Crippen molar-refractivity contribution < 1.29 is 4.79 Å². The molecule has 0 saturated heterocycles. The molecule has 0 aliphatic heterocycles. The highest BCUT2D eigenvalue weighted by atomic mass is 35.5. The molecule has 0 saturated carbocycles. The highest BCUT2D eigenvalue weighted by Crippen LogP contribution is 2.25. The van der Waals surface area contributed by atoms with E-state index in [-0.39, 0.29) is 23.7 Å². The molecule has 1 amide bonds. The molecule has 0 heterocycles. The van der Waals surface area contributed by atoms with Gasteiger partial charge in [0.15, 0.2) is 0 Å². The van der Waals surface area contributed by atoms with Gasteiger partial charge < -0.3 is 11.1 Å². The molecule has 0 fully saturated rings. The van der Waals surface area contributed by atoms with Crippen LogP contribution in [0.1, 0.15) is 39.2 Å². The van der Waals surface area contributed by atoms with Crippen LogP contribution in [0, 0.1) is 0 Å². The lowest BCUT2D eigenvalue weighted by atomic mass is 9.87. The van der Waals surface area contributed by atoms with Crippen LogP contribution in [0.15, 0.2) is 29.2 Å². The number of hydrogen-bond acceptors (Lipinski definition) is 3. The number of benzene rings is 1. The summed E-state index contributed by atoms with van der Waals surface area (Å²) < 4.78 is 0. The fourth-order valence-electron chi connectivity index (χ4n) is 1.75. The smallest absolute Gasteiger partial charge is 0.230 e. The molecule has 0 atom stereocenters. The highest BCUT2D eigenvalue weighted by Gasteiger charge is 2.13. The van der Waals surface area contributed by atoms with Crippen molar-refractivity contribution >= 4 is 30.1 Å². The molecule has 0 unspecified atom stereocenters. The first kappa shape index (κ1) is 20.3.